The molecule has 0 bridgehead atoms. The van der Waals surface area contributed by atoms with Gasteiger partial charge < -0.3 is 20.3 Å². The van der Waals surface area contributed by atoms with Crippen molar-refractivity contribution in [2.75, 3.05) is 46.4 Å². The predicted molar refractivity (Wildman–Crippen MR) is 116 cm³/mol. The Balaban J connectivity index is 1.51. The molecule has 0 saturated carbocycles. The fourth-order valence-electron chi connectivity index (χ4n) is 4.19. The van der Waals surface area contributed by atoms with Gasteiger partial charge in [-0.1, -0.05) is 30.3 Å². The number of likely N-dealkylation sites (tertiary alicyclic amines) is 2. The number of ether oxygens (including phenoxy) is 1. The molecule has 0 aromatic heterocycles. The molecule has 3 rings (SSSR count). The average Bonchev–Trinajstić information content (AvgIpc) is 3.29. The van der Waals surface area contributed by atoms with E-state index in [1.807, 2.05) is 14.0 Å². The zero-order chi connectivity index (χ0) is 20.5. The van der Waals surface area contributed by atoms with Crippen LogP contribution in [-0.4, -0.2) is 74.3 Å². The lowest BCUT2D eigenvalue weighted by Crippen LogP contribution is -2.51. The Labute approximate surface area is 174 Å². The number of aliphatic imine (C=N–C) groups is 1. The van der Waals surface area contributed by atoms with E-state index in [1.165, 1.54) is 18.4 Å². The highest BCUT2D eigenvalue weighted by molar-refractivity contribution is 5.80. The van der Waals surface area contributed by atoms with Gasteiger partial charge in [-0.05, 0) is 51.3 Å². The summed E-state index contributed by atoms with van der Waals surface area (Å²) >= 11 is 0. The third-order valence-electron chi connectivity index (χ3n) is 5.81. The quantitative estimate of drug-likeness (QED) is 0.566. The highest BCUT2D eigenvalue weighted by atomic mass is 16.6. The number of rotatable bonds is 6. The van der Waals surface area contributed by atoms with Crippen LogP contribution in [0.15, 0.2) is 35.3 Å². The van der Waals surface area contributed by atoms with Crippen molar-refractivity contribution in [2.24, 2.45) is 4.99 Å². The standard InChI is InChI=1S/C22H35N5O2/c1-3-29-22(28)27-15-11-19(12-16-27)25-21(23-2)24-17-20(26-13-7-8-14-26)18-9-5-4-6-10-18/h4-6,9-10,19-20H,3,7-8,11-17H2,1-2H3,(H2,23,24,25). The first-order valence-corrected chi connectivity index (χ1v) is 10.9. The van der Waals surface area contributed by atoms with Crippen molar-refractivity contribution in [1.82, 2.24) is 20.4 Å². The van der Waals surface area contributed by atoms with Gasteiger partial charge in [0.2, 0.25) is 0 Å². The van der Waals surface area contributed by atoms with Crippen molar-refractivity contribution in [1.29, 1.82) is 0 Å². The van der Waals surface area contributed by atoms with E-state index in [-0.39, 0.29) is 6.09 Å². The maximum absolute atomic E-state index is 11.9. The number of carbonyl (C=O) groups is 1. The lowest BCUT2D eigenvalue weighted by Gasteiger charge is -2.33. The SMILES string of the molecule is CCOC(=O)N1CCC(NC(=NC)NCC(c2ccccc2)N2CCCC2)CC1. The second-order valence-corrected chi connectivity index (χ2v) is 7.73. The van der Waals surface area contributed by atoms with E-state index in [0.29, 0.717) is 31.8 Å². The normalized spacial score (nSPS) is 19.8. The number of nitrogens with one attached hydrogen (secondary N) is 2. The van der Waals surface area contributed by atoms with Crippen LogP contribution in [-0.2, 0) is 4.74 Å². The van der Waals surface area contributed by atoms with E-state index in [4.69, 9.17) is 4.74 Å². The van der Waals surface area contributed by atoms with Crippen LogP contribution in [0.3, 0.4) is 0 Å². The molecule has 29 heavy (non-hydrogen) atoms. The molecule has 2 fully saturated rings. The van der Waals surface area contributed by atoms with Gasteiger partial charge in [-0.25, -0.2) is 4.79 Å². The molecule has 0 radical (unpaired) electrons. The number of carbonyl (C=O) groups excluding carboxylic acids is 1. The molecular formula is C22H35N5O2. The molecule has 1 amide bonds. The first-order valence-electron chi connectivity index (χ1n) is 10.9. The lowest BCUT2D eigenvalue weighted by molar-refractivity contribution is 0.0963. The molecule has 1 aromatic rings. The summed E-state index contributed by atoms with van der Waals surface area (Å²) in [5.74, 6) is 0.833. The molecule has 2 aliphatic heterocycles. The molecule has 7 nitrogen and oxygen atoms in total. The Bertz CT molecular complexity index is 652. The molecule has 7 heteroatoms. The molecule has 2 heterocycles. The van der Waals surface area contributed by atoms with E-state index in [0.717, 1.165) is 38.4 Å². The van der Waals surface area contributed by atoms with Gasteiger partial charge in [-0.3, -0.25) is 9.89 Å². The Hall–Kier alpha value is -2.28. The Morgan fingerprint density at radius 1 is 1.17 bits per heavy atom. The minimum Gasteiger partial charge on any atom is -0.450 e. The number of nitrogens with zero attached hydrogens (tertiary/aromatic N) is 3. The summed E-state index contributed by atoms with van der Waals surface area (Å²) in [4.78, 5) is 20.6. The Kier molecular flexibility index (Phi) is 8.16. The zero-order valence-corrected chi connectivity index (χ0v) is 17.8. The van der Waals surface area contributed by atoms with Crippen LogP contribution in [0.4, 0.5) is 4.79 Å². The van der Waals surface area contributed by atoms with Crippen LogP contribution >= 0.6 is 0 Å². The number of hydrogen-bond donors (Lipinski definition) is 2. The minimum absolute atomic E-state index is 0.204. The summed E-state index contributed by atoms with van der Waals surface area (Å²) in [7, 11) is 1.82. The summed E-state index contributed by atoms with van der Waals surface area (Å²) in [6, 6.07) is 11.4. The molecule has 2 saturated heterocycles. The van der Waals surface area contributed by atoms with E-state index in [9.17, 15) is 4.79 Å². The topological polar surface area (TPSA) is 69.2 Å². The fourth-order valence-corrected chi connectivity index (χ4v) is 4.19. The molecule has 1 aromatic carbocycles. The Morgan fingerprint density at radius 3 is 2.48 bits per heavy atom. The van der Waals surface area contributed by atoms with Crippen LogP contribution < -0.4 is 10.6 Å². The molecule has 1 unspecified atom stereocenters. The van der Waals surface area contributed by atoms with Crippen LogP contribution in [0, 0.1) is 0 Å². The molecule has 0 aliphatic carbocycles. The number of benzene rings is 1. The third kappa shape index (κ3) is 6.10. The van der Waals surface area contributed by atoms with E-state index in [1.54, 1.807) is 4.90 Å². The first-order chi connectivity index (χ1) is 14.2. The summed E-state index contributed by atoms with van der Waals surface area (Å²) in [5, 5.41) is 7.07. The van der Waals surface area contributed by atoms with Gasteiger partial charge in [0.05, 0.1) is 12.6 Å². The smallest absolute Gasteiger partial charge is 0.409 e. The number of hydrogen-bond acceptors (Lipinski definition) is 4. The molecule has 0 spiro atoms. The summed E-state index contributed by atoms with van der Waals surface area (Å²) in [5.41, 5.74) is 1.35. The van der Waals surface area contributed by atoms with Crippen molar-refractivity contribution in [3.8, 4) is 0 Å². The maximum atomic E-state index is 11.9. The number of piperidine rings is 1. The van der Waals surface area contributed by atoms with Gasteiger partial charge in [0, 0.05) is 32.7 Å². The van der Waals surface area contributed by atoms with E-state index < -0.39 is 0 Å². The fraction of sp³-hybridized carbons (Fsp3) is 0.636. The molecule has 1 atom stereocenters. The third-order valence-corrected chi connectivity index (χ3v) is 5.81. The van der Waals surface area contributed by atoms with Crippen LogP contribution in [0.2, 0.25) is 0 Å². The zero-order valence-electron chi connectivity index (χ0n) is 17.8. The minimum atomic E-state index is -0.204. The second kappa shape index (κ2) is 11.0. The number of guanidine groups is 1. The largest absolute Gasteiger partial charge is 0.450 e. The molecule has 160 valence electrons. The highest BCUT2D eigenvalue weighted by Gasteiger charge is 2.26. The molecule has 2 aliphatic rings. The van der Waals surface area contributed by atoms with Crippen molar-refractivity contribution in [3.05, 3.63) is 35.9 Å². The predicted octanol–water partition coefficient (Wildman–Crippen LogP) is 2.61. The first kappa shape index (κ1) is 21.4. The van der Waals surface area contributed by atoms with E-state index in [2.05, 4.69) is 50.9 Å². The second-order valence-electron chi connectivity index (χ2n) is 7.73. The van der Waals surface area contributed by atoms with Crippen LogP contribution in [0.25, 0.3) is 0 Å². The maximum Gasteiger partial charge on any atom is 0.409 e. The van der Waals surface area contributed by atoms with Gasteiger partial charge in [0.25, 0.3) is 0 Å². The van der Waals surface area contributed by atoms with Gasteiger partial charge in [-0.15, -0.1) is 0 Å². The summed E-state index contributed by atoms with van der Waals surface area (Å²) < 4.78 is 5.10. The van der Waals surface area contributed by atoms with Crippen molar-refractivity contribution >= 4 is 12.1 Å². The van der Waals surface area contributed by atoms with Gasteiger partial charge in [0.15, 0.2) is 5.96 Å². The van der Waals surface area contributed by atoms with Crippen molar-refractivity contribution in [3.63, 3.8) is 0 Å². The van der Waals surface area contributed by atoms with Crippen LogP contribution in [0.1, 0.15) is 44.2 Å². The monoisotopic (exact) mass is 401 g/mol. The van der Waals surface area contributed by atoms with Crippen molar-refractivity contribution in [2.45, 2.75) is 44.7 Å². The molecule has 2 N–H and O–H groups in total. The van der Waals surface area contributed by atoms with Crippen LogP contribution in [0.5, 0.6) is 0 Å². The van der Waals surface area contributed by atoms with Gasteiger partial charge in [0.1, 0.15) is 0 Å². The Morgan fingerprint density at radius 2 is 1.86 bits per heavy atom. The average molecular weight is 402 g/mol. The number of amides is 1. The van der Waals surface area contributed by atoms with E-state index >= 15 is 0 Å². The van der Waals surface area contributed by atoms with Gasteiger partial charge >= 0.3 is 6.09 Å². The van der Waals surface area contributed by atoms with Gasteiger partial charge in [-0.2, -0.15) is 0 Å². The lowest BCUT2D eigenvalue weighted by atomic mass is 10.1. The van der Waals surface area contributed by atoms with Crippen molar-refractivity contribution < 1.29 is 9.53 Å². The highest BCUT2D eigenvalue weighted by Crippen LogP contribution is 2.24. The molecular weight excluding hydrogens is 366 g/mol. The summed E-state index contributed by atoms with van der Waals surface area (Å²) in [6.07, 6.45) is 4.14. The summed E-state index contributed by atoms with van der Waals surface area (Å²) in [6.45, 7) is 6.83.